The summed E-state index contributed by atoms with van der Waals surface area (Å²) >= 11 is 6.09. The number of sulfonamides is 1. The van der Waals surface area contributed by atoms with Crippen molar-refractivity contribution in [2.75, 3.05) is 11.4 Å². The lowest BCUT2D eigenvalue weighted by molar-refractivity contribution is -0.116. The third-order valence-electron chi connectivity index (χ3n) is 4.64. The van der Waals surface area contributed by atoms with Gasteiger partial charge in [-0.1, -0.05) is 43.6 Å². The van der Waals surface area contributed by atoms with Crippen LogP contribution in [0.15, 0.2) is 47.4 Å². The van der Waals surface area contributed by atoms with Crippen LogP contribution < -0.4 is 9.62 Å². The van der Waals surface area contributed by atoms with E-state index in [1.165, 1.54) is 13.0 Å². The van der Waals surface area contributed by atoms with Crippen molar-refractivity contribution in [3.63, 3.8) is 0 Å². The normalized spacial score (nSPS) is 15.8. The number of hydrogen-bond acceptors (Lipinski definition) is 3. The Morgan fingerprint density at radius 2 is 1.92 bits per heavy atom. The Labute approximate surface area is 159 Å². The smallest absolute Gasteiger partial charge is 0.240 e. The van der Waals surface area contributed by atoms with Crippen LogP contribution in [-0.2, 0) is 26.8 Å². The van der Waals surface area contributed by atoms with E-state index >= 15 is 0 Å². The number of carbonyl (C=O) groups excluding carboxylic acids is 1. The van der Waals surface area contributed by atoms with E-state index < -0.39 is 10.0 Å². The first-order valence-electron chi connectivity index (χ1n) is 8.27. The fourth-order valence-corrected chi connectivity index (χ4v) is 4.44. The number of fused-ring (bicyclic) bond motifs is 1. The summed E-state index contributed by atoms with van der Waals surface area (Å²) in [6, 6.07) is 12.0. The predicted octanol–water partition coefficient (Wildman–Crippen LogP) is 3.46. The molecule has 0 unspecified atom stereocenters. The summed E-state index contributed by atoms with van der Waals surface area (Å²) < 4.78 is 28.0. The Morgan fingerprint density at radius 3 is 2.58 bits per heavy atom. The van der Waals surface area contributed by atoms with Crippen molar-refractivity contribution in [3.05, 3.63) is 58.6 Å². The molecular weight excluding hydrogens is 372 g/mol. The van der Waals surface area contributed by atoms with E-state index in [0.29, 0.717) is 17.1 Å². The lowest BCUT2D eigenvalue weighted by atomic mass is 9.87. The summed E-state index contributed by atoms with van der Waals surface area (Å²) in [5.41, 5.74) is 2.03. The summed E-state index contributed by atoms with van der Waals surface area (Å²) in [5.74, 6) is -0.0516. The van der Waals surface area contributed by atoms with Crippen molar-refractivity contribution in [1.82, 2.24) is 4.72 Å². The van der Waals surface area contributed by atoms with Crippen LogP contribution in [0.1, 0.15) is 31.9 Å². The molecule has 0 bridgehead atoms. The monoisotopic (exact) mass is 392 g/mol. The van der Waals surface area contributed by atoms with Gasteiger partial charge in [0.2, 0.25) is 15.9 Å². The highest BCUT2D eigenvalue weighted by Crippen LogP contribution is 2.41. The minimum Gasteiger partial charge on any atom is -0.311 e. The van der Waals surface area contributed by atoms with Crippen molar-refractivity contribution in [1.29, 1.82) is 0 Å². The van der Waals surface area contributed by atoms with Gasteiger partial charge in [-0.05, 0) is 35.4 Å². The Balaban J connectivity index is 1.90. The molecule has 0 saturated carbocycles. The van der Waals surface area contributed by atoms with Gasteiger partial charge in [-0.25, -0.2) is 13.1 Å². The Bertz CT molecular complexity index is 970. The van der Waals surface area contributed by atoms with Gasteiger partial charge in [0.1, 0.15) is 0 Å². The Morgan fingerprint density at radius 1 is 1.23 bits per heavy atom. The van der Waals surface area contributed by atoms with Gasteiger partial charge in [0.05, 0.1) is 4.90 Å². The fourth-order valence-electron chi connectivity index (χ4n) is 3.20. The average Bonchev–Trinajstić information content (AvgIpc) is 2.85. The van der Waals surface area contributed by atoms with Crippen molar-refractivity contribution < 1.29 is 13.2 Å². The molecule has 0 radical (unpaired) electrons. The number of benzene rings is 2. The molecule has 0 aliphatic carbocycles. The van der Waals surface area contributed by atoms with Crippen LogP contribution in [0.2, 0.25) is 5.02 Å². The van der Waals surface area contributed by atoms with Crippen LogP contribution in [0.5, 0.6) is 0 Å². The minimum absolute atomic E-state index is 0.0516. The summed E-state index contributed by atoms with van der Waals surface area (Å²) in [7, 11) is -3.70. The molecule has 0 fully saturated rings. The highest BCUT2D eigenvalue weighted by Gasteiger charge is 2.37. The van der Waals surface area contributed by atoms with Crippen LogP contribution in [0.25, 0.3) is 0 Å². The first-order chi connectivity index (χ1) is 12.1. The van der Waals surface area contributed by atoms with E-state index in [2.05, 4.69) is 4.72 Å². The van der Waals surface area contributed by atoms with Crippen molar-refractivity contribution in [2.24, 2.45) is 0 Å². The molecule has 0 aromatic heterocycles. The van der Waals surface area contributed by atoms with Gasteiger partial charge in [-0.15, -0.1) is 0 Å². The molecule has 1 aliphatic rings. The van der Waals surface area contributed by atoms with Gasteiger partial charge >= 0.3 is 0 Å². The maximum absolute atomic E-state index is 12.7. The second kappa shape index (κ2) is 6.68. The fraction of sp³-hybridized carbons (Fsp3) is 0.316. The van der Waals surface area contributed by atoms with Crippen molar-refractivity contribution >= 4 is 33.2 Å². The Kier molecular flexibility index (Phi) is 4.86. The molecule has 1 amide bonds. The lowest BCUT2D eigenvalue weighted by Crippen LogP contribution is -2.31. The summed E-state index contributed by atoms with van der Waals surface area (Å²) in [5, 5.41) is 0.516. The third kappa shape index (κ3) is 3.49. The van der Waals surface area contributed by atoms with E-state index in [-0.39, 0.29) is 22.8 Å². The zero-order valence-electron chi connectivity index (χ0n) is 14.9. The van der Waals surface area contributed by atoms with E-state index in [9.17, 15) is 13.2 Å². The van der Waals surface area contributed by atoms with E-state index in [4.69, 9.17) is 11.6 Å². The number of nitrogens with one attached hydrogen (secondary N) is 1. The molecule has 2 aromatic rings. The lowest BCUT2D eigenvalue weighted by Gasteiger charge is -2.19. The van der Waals surface area contributed by atoms with Gasteiger partial charge in [-0.3, -0.25) is 4.79 Å². The van der Waals surface area contributed by atoms with E-state index in [1.54, 1.807) is 35.2 Å². The number of anilines is 1. The highest BCUT2D eigenvalue weighted by molar-refractivity contribution is 7.89. The molecule has 7 heteroatoms. The molecule has 138 valence electrons. The Hall–Kier alpha value is -1.89. The number of carbonyl (C=O) groups is 1. The van der Waals surface area contributed by atoms with Gasteiger partial charge in [0, 0.05) is 36.1 Å². The third-order valence-corrected chi connectivity index (χ3v) is 6.41. The molecule has 26 heavy (non-hydrogen) atoms. The number of hydrogen-bond donors (Lipinski definition) is 1. The molecule has 3 rings (SSSR count). The van der Waals surface area contributed by atoms with Gasteiger partial charge in [0.25, 0.3) is 0 Å². The molecule has 0 atom stereocenters. The van der Waals surface area contributed by atoms with Crippen LogP contribution >= 0.6 is 11.6 Å². The first kappa shape index (κ1) is 18.9. The highest BCUT2D eigenvalue weighted by atomic mass is 35.5. The van der Waals surface area contributed by atoms with Crippen LogP contribution in [-0.4, -0.2) is 20.9 Å². The zero-order valence-corrected chi connectivity index (χ0v) is 16.5. The van der Waals surface area contributed by atoms with Gasteiger partial charge in [-0.2, -0.15) is 0 Å². The second-order valence-corrected chi connectivity index (χ2v) is 9.26. The average molecular weight is 393 g/mol. The zero-order chi connectivity index (χ0) is 19.1. The summed E-state index contributed by atoms with van der Waals surface area (Å²) in [6.45, 7) is 6.17. The summed E-state index contributed by atoms with van der Waals surface area (Å²) in [4.78, 5) is 13.7. The minimum atomic E-state index is -3.70. The molecular formula is C19H21ClN2O3S. The number of nitrogens with zero attached hydrogens (tertiary/aromatic N) is 1. The molecule has 1 heterocycles. The number of halogens is 1. The number of rotatable bonds is 4. The quantitative estimate of drug-likeness (QED) is 0.866. The first-order valence-corrected chi connectivity index (χ1v) is 10.1. The molecule has 1 N–H and O–H groups in total. The van der Waals surface area contributed by atoms with Gasteiger partial charge < -0.3 is 4.90 Å². The SMILES string of the molecule is CC(=O)N1CC(C)(C)c2cc(S(=O)(=O)NCc3ccccc3Cl)ccc21. The largest absolute Gasteiger partial charge is 0.311 e. The molecule has 0 spiro atoms. The van der Waals surface area contributed by atoms with Crippen LogP contribution in [0, 0.1) is 0 Å². The van der Waals surface area contributed by atoms with E-state index in [0.717, 1.165) is 11.3 Å². The molecule has 5 nitrogen and oxygen atoms in total. The van der Waals surface area contributed by atoms with Crippen LogP contribution in [0.3, 0.4) is 0 Å². The van der Waals surface area contributed by atoms with Crippen molar-refractivity contribution in [2.45, 2.75) is 37.6 Å². The maximum Gasteiger partial charge on any atom is 0.240 e. The topological polar surface area (TPSA) is 66.5 Å². The standard InChI is InChI=1S/C19H21ClN2O3S/c1-13(23)22-12-19(2,3)16-10-15(8-9-18(16)22)26(24,25)21-11-14-6-4-5-7-17(14)20/h4-10,21H,11-12H2,1-3H3. The van der Waals surface area contributed by atoms with Crippen LogP contribution in [0.4, 0.5) is 5.69 Å². The maximum atomic E-state index is 12.7. The molecule has 1 aliphatic heterocycles. The second-order valence-electron chi connectivity index (χ2n) is 7.08. The van der Waals surface area contributed by atoms with E-state index in [1.807, 2.05) is 19.9 Å². The summed E-state index contributed by atoms with van der Waals surface area (Å²) in [6.07, 6.45) is 0. The van der Waals surface area contributed by atoms with Crippen molar-refractivity contribution in [3.8, 4) is 0 Å². The number of amides is 1. The molecule has 2 aromatic carbocycles. The molecule has 0 saturated heterocycles. The predicted molar refractivity (Wildman–Crippen MR) is 103 cm³/mol. The van der Waals surface area contributed by atoms with Gasteiger partial charge in [0.15, 0.2) is 0 Å².